The summed E-state index contributed by atoms with van der Waals surface area (Å²) in [5.74, 6) is -0.741. The van der Waals surface area contributed by atoms with E-state index in [-0.39, 0.29) is 23.1 Å². The molecule has 1 unspecified atom stereocenters. The smallest absolute Gasteiger partial charge is 0.260 e. The summed E-state index contributed by atoms with van der Waals surface area (Å²) in [6, 6.07) is 4.32. The van der Waals surface area contributed by atoms with Crippen molar-refractivity contribution in [3.05, 3.63) is 29.6 Å². The van der Waals surface area contributed by atoms with Crippen LogP contribution in [0, 0.1) is 11.7 Å². The summed E-state index contributed by atoms with van der Waals surface area (Å²) in [6.45, 7) is 2.80. The van der Waals surface area contributed by atoms with Gasteiger partial charge < -0.3 is 14.8 Å². The Morgan fingerprint density at radius 1 is 1.57 bits per heavy atom. The minimum atomic E-state index is -0.589. The lowest BCUT2D eigenvalue weighted by molar-refractivity contribution is 0.0720. The van der Waals surface area contributed by atoms with E-state index in [0.717, 1.165) is 6.42 Å². The number of hydrogen-bond acceptors (Lipinski definition) is 4. The molecule has 1 aromatic rings. The van der Waals surface area contributed by atoms with E-state index in [1.54, 1.807) is 11.0 Å². The third-order valence-corrected chi connectivity index (χ3v) is 3.87. The Hall–Kier alpha value is -2.11. The quantitative estimate of drug-likeness (QED) is 0.688. The largest absolute Gasteiger partial charge is 0.496 e. The Morgan fingerprint density at radius 3 is 2.95 bits per heavy atom. The van der Waals surface area contributed by atoms with Gasteiger partial charge in [-0.1, -0.05) is 18.1 Å². The first-order valence-corrected chi connectivity index (χ1v) is 6.94. The lowest BCUT2D eigenvalue weighted by Crippen LogP contribution is -2.44. The summed E-state index contributed by atoms with van der Waals surface area (Å²) < 4.78 is 19.1. The van der Waals surface area contributed by atoms with Crippen molar-refractivity contribution >= 4 is 11.6 Å². The maximum absolute atomic E-state index is 14.0. The normalized spacial score (nSPS) is 20.6. The lowest BCUT2D eigenvalue weighted by atomic mass is 9.92. The van der Waals surface area contributed by atoms with Crippen LogP contribution in [0.3, 0.4) is 0 Å². The van der Waals surface area contributed by atoms with Crippen LogP contribution in [0.25, 0.3) is 0 Å². The highest BCUT2D eigenvalue weighted by molar-refractivity contribution is 5.98. The summed E-state index contributed by atoms with van der Waals surface area (Å²) >= 11 is 0. The molecule has 0 aromatic heterocycles. The Labute approximate surface area is 123 Å². The number of carbonyl (C=O) groups excluding carboxylic acids is 1. The van der Waals surface area contributed by atoms with Crippen molar-refractivity contribution in [2.75, 3.05) is 20.2 Å². The van der Waals surface area contributed by atoms with Gasteiger partial charge in [-0.15, -0.1) is 0 Å². The third kappa shape index (κ3) is 2.99. The van der Waals surface area contributed by atoms with E-state index < -0.39 is 5.82 Å². The van der Waals surface area contributed by atoms with Gasteiger partial charge in [0, 0.05) is 25.4 Å². The second-order valence-corrected chi connectivity index (χ2v) is 5.01. The van der Waals surface area contributed by atoms with E-state index in [9.17, 15) is 9.18 Å². The Morgan fingerprint density at radius 2 is 2.33 bits per heavy atom. The van der Waals surface area contributed by atoms with Crippen LogP contribution in [-0.4, -0.2) is 41.9 Å². The summed E-state index contributed by atoms with van der Waals surface area (Å²) in [4.78, 5) is 14.1. The van der Waals surface area contributed by atoms with Crippen molar-refractivity contribution in [3.63, 3.8) is 0 Å². The van der Waals surface area contributed by atoms with Crippen molar-refractivity contribution in [3.8, 4) is 5.75 Å². The fourth-order valence-corrected chi connectivity index (χ4v) is 2.64. The predicted molar refractivity (Wildman–Crippen MR) is 76.5 cm³/mol. The van der Waals surface area contributed by atoms with E-state index in [4.69, 9.17) is 9.94 Å². The van der Waals surface area contributed by atoms with Crippen LogP contribution in [0.4, 0.5) is 4.39 Å². The zero-order valence-corrected chi connectivity index (χ0v) is 12.2. The van der Waals surface area contributed by atoms with Crippen molar-refractivity contribution in [2.24, 2.45) is 11.1 Å². The maximum atomic E-state index is 14.0. The van der Waals surface area contributed by atoms with Crippen LogP contribution in [0.1, 0.15) is 30.1 Å². The third-order valence-electron chi connectivity index (χ3n) is 3.87. The van der Waals surface area contributed by atoms with Gasteiger partial charge in [-0.2, -0.15) is 0 Å². The van der Waals surface area contributed by atoms with Crippen LogP contribution in [0.2, 0.25) is 0 Å². The van der Waals surface area contributed by atoms with Gasteiger partial charge in [0.1, 0.15) is 17.1 Å². The number of methoxy groups -OCH3 is 1. The molecule has 1 amide bonds. The predicted octanol–water partition coefficient (Wildman–Crippen LogP) is 2.54. The molecule has 6 heteroatoms. The summed E-state index contributed by atoms with van der Waals surface area (Å²) in [5.41, 5.74) is 0.654. The van der Waals surface area contributed by atoms with Crippen LogP contribution in [0.15, 0.2) is 23.4 Å². The van der Waals surface area contributed by atoms with Crippen LogP contribution >= 0.6 is 0 Å². The van der Waals surface area contributed by atoms with Crippen molar-refractivity contribution in [2.45, 2.75) is 19.8 Å². The van der Waals surface area contributed by atoms with Gasteiger partial charge in [-0.25, -0.2) is 4.39 Å². The summed E-state index contributed by atoms with van der Waals surface area (Å²) in [7, 11) is 1.41. The number of hydrogen-bond donors (Lipinski definition) is 1. The Bertz CT molecular complexity index is 560. The zero-order valence-electron chi connectivity index (χ0n) is 12.2. The number of rotatable bonds is 3. The zero-order chi connectivity index (χ0) is 15.4. The fourth-order valence-electron chi connectivity index (χ4n) is 2.64. The average molecular weight is 294 g/mol. The van der Waals surface area contributed by atoms with Gasteiger partial charge in [0.25, 0.3) is 5.91 Å². The van der Waals surface area contributed by atoms with Gasteiger partial charge in [0.2, 0.25) is 0 Å². The Balaban J connectivity index is 2.25. The molecular formula is C15H19FN2O3. The van der Waals surface area contributed by atoms with Gasteiger partial charge in [-0.3, -0.25) is 4.79 Å². The summed E-state index contributed by atoms with van der Waals surface area (Å²) in [6.07, 6.45) is 1.26. The molecule has 0 aliphatic carbocycles. The second kappa shape index (κ2) is 6.56. The number of halogens is 1. The first-order chi connectivity index (χ1) is 10.1. The van der Waals surface area contributed by atoms with Gasteiger partial charge in [-0.05, 0) is 18.6 Å². The molecule has 114 valence electrons. The molecule has 1 N–H and O–H groups in total. The SMILES string of the molecule is CCC1CN(C(=O)c2c(F)cccc2OC)CC/C1=N\O. The van der Waals surface area contributed by atoms with Crippen molar-refractivity contribution in [1.82, 2.24) is 4.90 Å². The number of carbonyl (C=O) groups is 1. The molecule has 0 radical (unpaired) electrons. The number of amides is 1. The standard InChI is InChI=1S/C15H19FN2O3/c1-3-10-9-18(8-7-12(10)17-20)15(19)14-11(16)5-4-6-13(14)21-2/h4-6,10,20H,3,7-9H2,1-2H3/b17-12+. The van der Waals surface area contributed by atoms with Crippen LogP contribution < -0.4 is 4.74 Å². The number of ether oxygens (including phenoxy) is 1. The second-order valence-electron chi connectivity index (χ2n) is 5.01. The van der Waals surface area contributed by atoms with Crippen LogP contribution in [0.5, 0.6) is 5.75 Å². The molecule has 1 aromatic carbocycles. The number of nitrogens with zero attached hydrogens (tertiary/aromatic N) is 2. The molecule has 0 spiro atoms. The van der Waals surface area contributed by atoms with Crippen LogP contribution in [-0.2, 0) is 0 Å². The molecule has 1 aliphatic heterocycles. The minimum Gasteiger partial charge on any atom is -0.496 e. The number of oxime groups is 1. The molecule has 1 aliphatic rings. The number of benzene rings is 1. The van der Waals surface area contributed by atoms with E-state index in [1.807, 2.05) is 6.92 Å². The highest BCUT2D eigenvalue weighted by Crippen LogP contribution is 2.26. The first kappa shape index (κ1) is 15.3. The van der Waals surface area contributed by atoms with Crippen molar-refractivity contribution in [1.29, 1.82) is 0 Å². The molecule has 0 saturated carbocycles. The van der Waals surface area contributed by atoms with Gasteiger partial charge in [0.15, 0.2) is 0 Å². The summed E-state index contributed by atoms with van der Waals surface area (Å²) in [5, 5.41) is 12.3. The Kier molecular flexibility index (Phi) is 4.77. The molecule has 1 saturated heterocycles. The molecule has 0 bridgehead atoms. The molecule has 1 heterocycles. The fraction of sp³-hybridized carbons (Fsp3) is 0.467. The molecule has 5 nitrogen and oxygen atoms in total. The van der Waals surface area contributed by atoms with E-state index in [1.165, 1.54) is 19.2 Å². The maximum Gasteiger partial charge on any atom is 0.260 e. The highest BCUT2D eigenvalue weighted by Gasteiger charge is 2.30. The topological polar surface area (TPSA) is 62.1 Å². The number of likely N-dealkylation sites (tertiary alicyclic amines) is 1. The van der Waals surface area contributed by atoms with E-state index in [2.05, 4.69) is 5.16 Å². The van der Waals surface area contributed by atoms with Gasteiger partial charge in [0.05, 0.1) is 12.8 Å². The lowest BCUT2D eigenvalue weighted by Gasteiger charge is -2.33. The first-order valence-electron chi connectivity index (χ1n) is 6.94. The average Bonchev–Trinajstić information content (AvgIpc) is 2.53. The van der Waals surface area contributed by atoms with E-state index in [0.29, 0.717) is 25.2 Å². The van der Waals surface area contributed by atoms with E-state index >= 15 is 0 Å². The molecular weight excluding hydrogens is 275 g/mol. The molecule has 1 fully saturated rings. The highest BCUT2D eigenvalue weighted by atomic mass is 19.1. The van der Waals surface area contributed by atoms with Gasteiger partial charge >= 0.3 is 0 Å². The minimum absolute atomic E-state index is 0.00506. The monoisotopic (exact) mass is 294 g/mol. The molecule has 2 rings (SSSR count). The van der Waals surface area contributed by atoms with Crippen molar-refractivity contribution < 1.29 is 19.1 Å². The molecule has 1 atom stereocenters. The number of piperidine rings is 1. The molecule has 21 heavy (non-hydrogen) atoms.